The Morgan fingerprint density at radius 3 is 2.41 bits per heavy atom. The number of rotatable bonds is 3. The second-order valence-electron chi connectivity index (χ2n) is 6.28. The van der Waals surface area contributed by atoms with Crippen LogP contribution in [0.3, 0.4) is 0 Å². The highest BCUT2D eigenvalue weighted by molar-refractivity contribution is 5.95. The van der Waals surface area contributed by atoms with Gasteiger partial charge in [0.15, 0.2) is 5.82 Å². The van der Waals surface area contributed by atoms with Gasteiger partial charge in [0.25, 0.3) is 0 Å². The summed E-state index contributed by atoms with van der Waals surface area (Å²) in [6.07, 6.45) is -4.27. The molecule has 0 aliphatic carbocycles. The summed E-state index contributed by atoms with van der Waals surface area (Å²) >= 11 is 0. The fourth-order valence-corrected chi connectivity index (χ4v) is 3.21. The summed E-state index contributed by atoms with van der Waals surface area (Å²) < 4.78 is 38.5. The number of hydrogen-bond acceptors (Lipinski definition) is 3. The quantitative estimate of drug-likeness (QED) is 0.627. The Kier molecular flexibility index (Phi) is 4.10. The van der Waals surface area contributed by atoms with E-state index >= 15 is 0 Å². The predicted molar refractivity (Wildman–Crippen MR) is 94.8 cm³/mol. The van der Waals surface area contributed by atoms with Gasteiger partial charge in [-0.2, -0.15) is 18.3 Å². The molecule has 1 aromatic heterocycles. The Labute approximate surface area is 152 Å². The van der Waals surface area contributed by atoms with Crippen molar-refractivity contribution in [3.63, 3.8) is 0 Å². The number of nitrogens with zero attached hydrogens (tertiary/aromatic N) is 1. The number of fused-ring (bicyclic) bond motifs is 1. The Morgan fingerprint density at radius 1 is 1.04 bits per heavy atom. The topological polar surface area (TPSA) is 69.8 Å². The molecule has 0 unspecified atom stereocenters. The number of halogens is 3. The molecular weight excluding hydrogens is 357 g/mol. The van der Waals surface area contributed by atoms with Crippen LogP contribution in [0.25, 0.3) is 0 Å². The number of para-hydroxylation sites is 1. The minimum Gasteiger partial charge on any atom is -0.340 e. The van der Waals surface area contributed by atoms with Crippen LogP contribution in [0.2, 0.25) is 0 Å². The lowest BCUT2D eigenvalue weighted by Crippen LogP contribution is -2.23. The maximum Gasteiger partial charge on any atom is 0.416 e. The molecule has 138 valence electrons. The van der Waals surface area contributed by atoms with Crippen molar-refractivity contribution in [2.75, 3.05) is 10.6 Å². The molecule has 2 heterocycles. The van der Waals surface area contributed by atoms with Crippen molar-refractivity contribution >= 4 is 23.2 Å². The Balaban J connectivity index is 1.71. The van der Waals surface area contributed by atoms with Gasteiger partial charge < -0.3 is 10.6 Å². The van der Waals surface area contributed by atoms with E-state index in [1.165, 1.54) is 12.1 Å². The van der Waals surface area contributed by atoms with Crippen LogP contribution in [-0.4, -0.2) is 16.1 Å². The van der Waals surface area contributed by atoms with Gasteiger partial charge in [-0.25, -0.2) is 0 Å². The standard InChI is InChI=1S/C19H15F3N4O/c20-19(21,22)12-8-6-11(7-9-12)14-10-15(27)24-18-16(14)17(25-26-18)23-13-4-2-1-3-5-13/h1-9,14H,10H2,(H3,23,24,25,26,27)/t14-/m0/s1. The lowest BCUT2D eigenvalue weighted by molar-refractivity contribution is -0.137. The number of nitrogens with one attached hydrogen (secondary N) is 3. The fourth-order valence-electron chi connectivity index (χ4n) is 3.21. The zero-order chi connectivity index (χ0) is 19.0. The minimum absolute atomic E-state index is 0.126. The first kappa shape index (κ1) is 17.1. The van der Waals surface area contributed by atoms with Crippen molar-refractivity contribution < 1.29 is 18.0 Å². The summed E-state index contributed by atoms with van der Waals surface area (Å²) in [5, 5.41) is 12.9. The van der Waals surface area contributed by atoms with Crippen LogP contribution < -0.4 is 10.6 Å². The van der Waals surface area contributed by atoms with Gasteiger partial charge in [-0.15, -0.1) is 0 Å². The third-order valence-corrected chi connectivity index (χ3v) is 4.48. The monoisotopic (exact) mass is 372 g/mol. The van der Waals surface area contributed by atoms with Crippen LogP contribution in [0.5, 0.6) is 0 Å². The van der Waals surface area contributed by atoms with E-state index in [1.807, 2.05) is 30.3 Å². The van der Waals surface area contributed by atoms with E-state index in [9.17, 15) is 18.0 Å². The van der Waals surface area contributed by atoms with Crippen molar-refractivity contribution in [2.45, 2.75) is 18.5 Å². The van der Waals surface area contributed by atoms with E-state index in [-0.39, 0.29) is 12.3 Å². The van der Waals surface area contributed by atoms with E-state index in [4.69, 9.17) is 0 Å². The number of H-pyrrole nitrogens is 1. The molecule has 1 atom stereocenters. The second kappa shape index (κ2) is 6.46. The van der Waals surface area contributed by atoms with Crippen LogP contribution in [0.15, 0.2) is 54.6 Å². The van der Waals surface area contributed by atoms with Gasteiger partial charge in [-0.1, -0.05) is 30.3 Å². The first-order valence-corrected chi connectivity index (χ1v) is 8.29. The van der Waals surface area contributed by atoms with Gasteiger partial charge >= 0.3 is 6.18 Å². The first-order valence-electron chi connectivity index (χ1n) is 8.29. The zero-order valence-corrected chi connectivity index (χ0v) is 14.0. The smallest absolute Gasteiger partial charge is 0.340 e. The molecule has 0 radical (unpaired) electrons. The highest BCUT2D eigenvalue weighted by atomic mass is 19.4. The number of aromatic nitrogens is 2. The van der Waals surface area contributed by atoms with E-state index in [2.05, 4.69) is 20.8 Å². The molecule has 3 N–H and O–H groups in total. The lowest BCUT2D eigenvalue weighted by Gasteiger charge is -2.24. The predicted octanol–water partition coefficient (Wildman–Crippen LogP) is 4.65. The molecule has 1 aliphatic heterocycles. The van der Waals surface area contributed by atoms with Crippen molar-refractivity contribution in [1.82, 2.24) is 10.2 Å². The third kappa shape index (κ3) is 3.38. The maximum absolute atomic E-state index is 12.8. The summed E-state index contributed by atoms with van der Waals surface area (Å²) in [7, 11) is 0. The van der Waals surface area contributed by atoms with Crippen LogP contribution in [-0.2, 0) is 11.0 Å². The molecule has 3 aromatic rings. The number of carbonyl (C=O) groups is 1. The van der Waals surface area contributed by atoms with Gasteiger partial charge in [0, 0.05) is 23.6 Å². The van der Waals surface area contributed by atoms with Gasteiger partial charge in [0.2, 0.25) is 5.91 Å². The van der Waals surface area contributed by atoms with Crippen molar-refractivity contribution in [1.29, 1.82) is 0 Å². The second-order valence-corrected chi connectivity index (χ2v) is 6.28. The molecule has 8 heteroatoms. The van der Waals surface area contributed by atoms with Gasteiger partial charge in [-0.05, 0) is 29.8 Å². The van der Waals surface area contributed by atoms with E-state index < -0.39 is 17.7 Å². The summed E-state index contributed by atoms with van der Waals surface area (Å²) in [6, 6.07) is 14.3. The van der Waals surface area contributed by atoms with Crippen LogP contribution in [0.1, 0.15) is 29.0 Å². The number of amides is 1. The molecule has 0 saturated carbocycles. The molecule has 4 rings (SSSR count). The molecule has 0 fully saturated rings. The number of aromatic amines is 1. The molecule has 0 bridgehead atoms. The minimum atomic E-state index is -4.40. The van der Waals surface area contributed by atoms with Gasteiger partial charge in [-0.3, -0.25) is 9.89 Å². The SMILES string of the molecule is O=C1C[C@@H](c2ccc(C(F)(F)F)cc2)c2c(n[nH]c2Nc2ccccc2)N1. The first-order chi connectivity index (χ1) is 12.9. The van der Waals surface area contributed by atoms with E-state index in [1.54, 1.807) is 0 Å². The van der Waals surface area contributed by atoms with Gasteiger partial charge in [0.1, 0.15) is 5.82 Å². The molecule has 1 amide bonds. The largest absolute Gasteiger partial charge is 0.416 e. The summed E-state index contributed by atoms with van der Waals surface area (Å²) in [6.45, 7) is 0. The number of hydrogen-bond donors (Lipinski definition) is 3. The molecule has 1 aliphatic rings. The number of alkyl halides is 3. The molecular formula is C19H15F3N4O. The maximum atomic E-state index is 12.8. The molecule has 27 heavy (non-hydrogen) atoms. The highest BCUT2D eigenvalue weighted by Crippen LogP contribution is 2.41. The zero-order valence-electron chi connectivity index (χ0n) is 14.0. The molecule has 0 saturated heterocycles. The molecule has 2 aromatic carbocycles. The average molecular weight is 372 g/mol. The van der Waals surface area contributed by atoms with Crippen LogP contribution >= 0.6 is 0 Å². The Hall–Kier alpha value is -3.29. The van der Waals surface area contributed by atoms with E-state index in [0.29, 0.717) is 17.2 Å². The third-order valence-electron chi connectivity index (χ3n) is 4.48. The summed E-state index contributed by atoms with van der Waals surface area (Å²) in [5.41, 5.74) is 1.45. The summed E-state index contributed by atoms with van der Waals surface area (Å²) in [5.74, 6) is 0.349. The van der Waals surface area contributed by atoms with Crippen LogP contribution in [0, 0.1) is 0 Å². The Morgan fingerprint density at radius 2 is 1.74 bits per heavy atom. The Bertz CT molecular complexity index is 965. The molecule has 0 spiro atoms. The normalized spacial score (nSPS) is 16.6. The van der Waals surface area contributed by atoms with Crippen LogP contribution in [0.4, 0.5) is 30.5 Å². The summed E-state index contributed by atoms with van der Waals surface area (Å²) in [4.78, 5) is 12.0. The van der Waals surface area contributed by atoms with Gasteiger partial charge in [0.05, 0.1) is 5.56 Å². The number of anilines is 3. The fraction of sp³-hybridized carbons (Fsp3) is 0.158. The average Bonchev–Trinajstić information content (AvgIpc) is 3.04. The number of benzene rings is 2. The van der Waals surface area contributed by atoms with Crippen molar-refractivity contribution in [2.24, 2.45) is 0 Å². The van der Waals surface area contributed by atoms with Crippen molar-refractivity contribution in [3.8, 4) is 0 Å². The highest BCUT2D eigenvalue weighted by Gasteiger charge is 2.34. The number of carbonyl (C=O) groups excluding carboxylic acids is 1. The molecule has 5 nitrogen and oxygen atoms in total. The van der Waals surface area contributed by atoms with Crippen molar-refractivity contribution in [3.05, 3.63) is 71.3 Å². The lowest BCUT2D eigenvalue weighted by atomic mass is 9.86. The van der Waals surface area contributed by atoms with E-state index in [0.717, 1.165) is 23.4 Å².